The number of rotatable bonds is 71. The summed E-state index contributed by atoms with van der Waals surface area (Å²) in [5, 5.41) is 14.4. The molecule has 6 heterocycles. The van der Waals surface area contributed by atoms with E-state index in [9.17, 15) is 19.2 Å². The Bertz CT molecular complexity index is 3720. The first-order valence-electron chi connectivity index (χ1n) is 48.2. The summed E-state index contributed by atoms with van der Waals surface area (Å²) in [4.78, 5) is 72.7. The number of nitrogens with zero attached hydrogens (tertiary/aromatic N) is 10. The Morgan fingerprint density at radius 2 is 0.935 bits per heavy atom. The van der Waals surface area contributed by atoms with Crippen molar-refractivity contribution >= 4 is 104 Å². The number of unbranched alkanes of at least 4 members (excludes halogenated alkanes) is 33. The minimum Gasteiger partial charge on any atom is -0.463 e. The monoisotopic (exact) mass is 1790 g/mol. The first kappa shape index (κ1) is 104. The number of ether oxygens (including phenoxy) is 6. The molecule has 5 atom stereocenters. The summed E-state index contributed by atoms with van der Waals surface area (Å²) in [5.41, 5.74) is 7.43. The number of hydrogen-bond donors (Lipinski definition) is 3. The van der Waals surface area contributed by atoms with Gasteiger partial charge in [0.15, 0.2) is 12.6 Å². The largest absolute Gasteiger partial charge is 0.463 e. The zero-order chi connectivity index (χ0) is 87.4. The molecular formula is C96H157Cl4N13O10. The number of imidazole rings is 3. The van der Waals surface area contributed by atoms with E-state index in [1.165, 1.54) is 199 Å². The van der Waals surface area contributed by atoms with Gasteiger partial charge in [0.25, 0.3) is 0 Å². The van der Waals surface area contributed by atoms with Crippen LogP contribution in [0.25, 0.3) is 22.1 Å². The van der Waals surface area contributed by atoms with Gasteiger partial charge in [0.2, 0.25) is 11.8 Å². The molecule has 0 saturated carbocycles. The summed E-state index contributed by atoms with van der Waals surface area (Å²) in [6, 6.07) is 11.7. The van der Waals surface area contributed by atoms with Gasteiger partial charge in [0.1, 0.15) is 36.6 Å². The third kappa shape index (κ3) is 43.7. The summed E-state index contributed by atoms with van der Waals surface area (Å²) in [5.74, 6) is 3.14. The number of anilines is 2. The number of amides is 2. The van der Waals surface area contributed by atoms with Crippen LogP contribution in [0.15, 0.2) is 55.1 Å². The minimum atomic E-state index is -0.745. The van der Waals surface area contributed by atoms with Crippen molar-refractivity contribution in [3.63, 3.8) is 0 Å². The smallest absolute Gasteiger partial charge is 0.305 e. The number of esters is 2. The van der Waals surface area contributed by atoms with Crippen molar-refractivity contribution in [2.75, 3.05) is 85.9 Å². The molecule has 2 amide bonds. The molecule has 2 aromatic carbocycles. The fraction of sp³-hybridized carbons (Fsp3) is 0.760. The average Bonchev–Trinajstić information content (AvgIpc) is 1.66. The van der Waals surface area contributed by atoms with Gasteiger partial charge in [0.05, 0.1) is 60.0 Å². The lowest BCUT2D eigenvalue weighted by atomic mass is 10.0. The number of benzene rings is 2. The van der Waals surface area contributed by atoms with E-state index in [1.807, 2.05) is 14.1 Å². The molecule has 6 aromatic rings. The first-order valence-corrected chi connectivity index (χ1v) is 50.4. The van der Waals surface area contributed by atoms with E-state index < -0.39 is 6.04 Å². The van der Waals surface area contributed by atoms with Gasteiger partial charge in [-0.2, -0.15) is 0 Å². The van der Waals surface area contributed by atoms with Crippen molar-refractivity contribution in [1.29, 1.82) is 0 Å². The molecular weight excluding hydrogens is 1640 g/mol. The molecule has 8 rings (SSSR count). The third-order valence-corrected chi connectivity index (χ3v) is 24.6. The lowest BCUT2D eigenvalue weighted by Gasteiger charge is -2.29. The molecule has 2 aliphatic heterocycles. The number of H-pyrrole nitrogens is 1. The van der Waals surface area contributed by atoms with E-state index in [-0.39, 0.29) is 61.7 Å². The molecule has 0 bridgehead atoms. The van der Waals surface area contributed by atoms with Crippen LogP contribution >= 0.6 is 46.4 Å². The van der Waals surface area contributed by atoms with Gasteiger partial charge in [-0.25, -0.2) is 15.0 Å². The van der Waals surface area contributed by atoms with Crippen LogP contribution in [0.1, 0.15) is 339 Å². The zero-order valence-electron chi connectivity index (χ0n) is 75.9. The lowest BCUT2D eigenvalue weighted by molar-refractivity contribution is -0.206. The number of aromatic amines is 1. The fourth-order valence-corrected chi connectivity index (χ4v) is 17.4. The van der Waals surface area contributed by atoms with Gasteiger partial charge < -0.3 is 63.0 Å². The van der Waals surface area contributed by atoms with Crippen molar-refractivity contribution in [3.8, 4) is 0 Å². The van der Waals surface area contributed by atoms with E-state index >= 15 is 0 Å². The Hall–Kier alpha value is -5.79. The van der Waals surface area contributed by atoms with Crippen LogP contribution in [-0.2, 0) is 94.0 Å². The maximum atomic E-state index is 13.4. The Morgan fingerprint density at radius 1 is 0.520 bits per heavy atom. The third-order valence-electron chi connectivity index (χ3n) is 23.9. The van der Waals surface area contributed by atoms with Gasteiger partial charge in [-0.05, 0) is 107 Å². The zero-order valence-corrected chi connectivity index (χ0v) is 78.9. The number of halogens is 4. The molecule has 5 unspecified atom stereocenters. The van der Waals surface area contributed by atoms with E-state index in [0.29, 0.717) is 120 Å². The van der Waals surface area contributed by atoms with Crippen molar-refractivity contribution in [2.45, 2.75) is 379 Å². The number of hydrogen-bond acceptors (Lipinski definition) is 17. The van der Waals surface area contributed by atoms with Crippen LogP contribution < -0.4 is 20.4 Å². The summed E-state index contributed by atoms with van der Waals surface area (Å²) < 4.78 is 41.5. The fourth-order valence-electron chi connectivity index (χ4n) is 16.6. The maximum Gasteiger partial charge on any atom is 0.305 e. The topological polar surface area (TPSA) is 249 Å². The lowest BCUT2D eigenvalue weighted by Crippen LogP contribution is -2.47. The number of nitrogens with one attached hydrogen (secondary N) is 3. The van der Waals surface area contributed by atoms with Gasteiger partial charge in [0, 0.05) is 139 Å². The number of aromatic nitrogens is 9. The molecule has 2 saturated heterocycles. The van der Waals surface area contributed by atoms with Crippen molar-refractivity contribution < 1.29 is 47.6 Å². The number of alkyl halides is 4. The predicted molar refractivity (Wildman–Crippen MR) is 502 cm³/mol. The highest BCUT2D eigenvalue weighted by Gasteiger charge is 2.28. The highest BCUT2D eigenvalue weighted by Crippen LogP contribution is 2.29. The molecule has 0 spiro atoms. The predicted octanol–water partition coefficient (Wildman–Crippen LogP) is 22.1. The van der Waals surface area contributed by atoms with Crippen LogP contribution in [-0.4, -0.2) is 175 Å². The van der Waals surface area contributed by atoms with E-state index in [4.69, 9.17) is 84.8 Å². The Balaban J connectivity index is 0.000000352. The second-order valence-electron chi connectivity index (χ2n) is 34.2. The van der Waals surface area contributed by atoms with Crippen molar-refractivity contribution in [3.05, 3.63) is 78.2 Å². The summed E-state index contributed by atoms with van der Waals surface area (Å²) in [6.07, 6.45) is 61.0. The molecule has 27 heteroatoms. The van der Waals surface area contributed by atoms with Crippen molar-refractivity contribution in [1.82, 2.24) is 54.7 Å². The number of carbonyl (C=O) groups is 4. The van der Waals surface area contributed by atoms with Crippen LogP contribution in [0.4, 0.5) is 11.4 Å². The highest BCUT2D eigenvalue weighted by atomic mass is 35.5. The SMILES string of the molecule is CCCCCCCCCCCCCCCCCC(=O)NC(Cc1cnc[nH]1)C(=O)NCc1cn(CCCOC2CCCC(COC(=O)CCCc3nc4cc(N(CCCl)CCCl)ccc4n3C)O2)nn1.CCCCCCCCCCCCCCCCCCCCCCOC1CCCC(COC(=O)CCCc2nc3cc(N(CCCl)CCCl)ccc3n2C)O1. The Kier molecular flexibility index (Phi) is 55.7. The standard InChI is InChI=1S/C52H82Cl2N10O6.C44H75Cl2N3O4/c1-3-4-5-6-7-8-9-10-11-12-13-14-15-16-17-23-49(65)59-46(34-41-36-55-40-57-41)52(67)56-37-42-38-64(61-60-42)30-20-33-68-51-25-18-21-44(70-51)39-69-50(66)24-19-22-48-58-45-35-43(26-27-47(45)62(48)2)63(31-28-53)32-29-54;1-3-4-5-6-7-8-9-10-11-12-13-14-15-16-17-18-19-20-21-22-35-51-44-28-23-25-39(53-44)37-52-43(50)27-24-26-42-47-40-36-38(29-30-41(40)48(42)2)49(33-31-45)34-32-46/h26-27,35-36,38,40,44,46,51H,3-25,28-34,37,39H2,1-2H3,(H,55,57)(H,56,67)(H,59,65);29-30,36,39,44H,3-28,31-35,37H2,1-2H3. The Labute approximate surface area is 758 Å². The summed E-state index contributed by atoms with van der Waals surface area (Å²) in [7, 11) is 4.03. The minimum absolute atomic E-state index is 0.0844. The highest BCUT2D eigenvalue weighted by molar-refractivity contribution is 6.19. The Morgan fingerprint density at radius 3 is 1.35 bits per heavy atom. The molecule has 123 heavy (non-hydrogen) atoms. The first-order chi connectivity index (χ1) is 60.3. The van der Waals surface area contributed by atoms with Gasteiger partial charge in [-0.15, -0.1) is 51.5 Å². The van der Waals surface area contributed by atoms with Crippen LogP contribution in [0.3, 0.4) is 0 Å². The second kappa shape index (κ2) is 65.7. The van der Waals surface area contributed by atoms with Crippen LogP contribution in [0.5, 0.6) is 0 Å². The molecule has 3 N–H and O–H groups in total. The maximum absolute atomic E-state index is 13.4. The average molecular weight is 1800 g/mol. The van der Waals surface area contributed by atoms with Crippen LogP contribution in [0, 0.1) is 0 Å². The normalized spacial score (nSPS) is 15.6. The summed E-state index contributed by atoms with van der Waals surface area (Å²) >= 11 is 24.0. The molecule has 4 aromatic heterocycles. The van der Waals surface area contributed by atoms with Gasteiger partial charge >= 0.3 is 11.9 Å². The van der Waals surface area contributed by atoms with E-state index in [2.05, 4.69) is 100 Å². The molecule has 694 valence electrons. The van der Waals surface area contributed by atoms with Crippen molar-refractivity contribution in [2.24, 2.45) is 14.1 Å². The molecule has 2 fully saturated rings. The van der Waals surface area contributed by atoms with E-state index in [0.717, 1.165) is 135 Å². The van der Waals surface area contributed by atoms with Gasteiger partial charge in [-0.1, -0.05) is 231 Å². The molecule has 0 aliphatic carbocycles. The van der Waals surface area contributed by atoms with E-state index in [1.54, 1.807) is 23.4 Å². The molecule has 0 radical (unpaired) electrons. The molecule has 23 nitrogen and oxygen atoms in total. The number of aryl methyl sites for hydroxylation is 5. The summed E-state index contributed by atoms with van der Waals surface area (Å²) in [6.45, 7) is 9.91. The van der Waals surface area contributed by atoms with Gasteiger partial charge in [-0.3, -0.25) is 23.9 Å². The number of fused-ring (bicyclic) bond motifs is 2. The number of carbonyl (C=O) groups excluding carboxylic acids is 4. The molecule has 2 aliphatic rings. The van der Waals surface area contributed by atoms with Crippen LogP contribution in [0.2, 0.25) is 0 Å². The quantitative estimate of drug-likeness (QED) is 0.0182. The second-order valence-corrected chi connectivity index (χ2v) is 35.7.